The second kappa shape index (κ2) is 15.6. The minimum Gasteiger partial charge on any atom is -0.476 e. The molecule has 15 heteroatoms. The molecule has 0 saturated heterocycles. The van der Waals surface area contributed by atoms with Crippen LogP contribution < -0.4 is 21.3 Å². The predicted octanol–water partition coefficient (Wildman–Crippen LogP) is 7.32. The highest BCUT2D eigenvalue weighted by Gasteiger charge is 2.66. The van der Waals surface area contributed by atoms with Crippen LogP contribution in [0, 0.1) is 29.0 Å². The van der Waals surface area contributed by atoms with Gasteiger partial charge in [-0.05, 0) is 119 Å². The zero-order chi connectivity index (χ0) is 40.9. The van der Waals surface area contributed by atoms with Crippen LogP contribution in [0.4, 0.5) is 27.0 Å². The number of aliphatic hydroxyl groups excluding tert-OH is 1. The third kappa shape index (κ3) is 7.69. The van der Waals surface area contributed by atoms with Gasteiger partial charge in [-0.3, -0.25) is 4.99 Å². The molecule has 5 aliphatic rings. The van der Waals surface area contributed by atoms with Crippen molar-refractivity contribution in [2.24, 2.45) is 27.0 Å². The van der Waals surface area contributed by atoms with E-state index in [1.54, 1.807) is 18.2 Å². The molecule has 6 N–H and O–H groups in total. The van der Waals surface area contributed by atoms with E-state index in [1.165, 1.54) is 30.0 Å². The van der Waals surface area contributed by atoms with Crippen molar-refractivity contribution in [1.29, 1.82) is 0 Å². The van der Waals surface area contributed by atoms with E-state index in [0.29, 0.717) is 69.3 Å². The number of carbonyl (C=O) groups is 1. The number of fused-ring (bicyclic) bond motifs is 2. The van der Waals surface area contributed by atoms with Crippen LogP contribution in [0.5, 0.6) is 0 Å². The van der Waals surface area contributed by atoms with E-state index in [9.17, 15) is 14.3 Å². The van der Waals surface area contributed by atoms with Gasteiger partial charge in [0.25, 0.3) is 0 Å². The normalized spacial score (nSPS) is 26.7. The van der Waals surface area contributed by atoms with E-state index in [1.807, 2.05) is 24.8 Å². The Morgan fingerprint density at radius 1 is 1.09 bits per heavy atom. The first-order valence-electron chi connectivity index (χ1n) is 20.4. The van der Waals surface area contributed by atoms with E-state index in [-0.39, 0.29) is 40.0 Å². The zero-order valence-electron chi connectivity index (χ0n) is 33.8. The Morgan fingerprint density at radius 3 is 2.60 bits per heavy atom. The molecule has 1 aromatic carbocycles. The number of pyridine rings is 1. The van der Waals surface area contributed by atoms with Crippen LogP contribution in [0.3, 0.4) is 0 Å². The summed E-state index contributed by atoms with van der Waals surface area (Å²) in [6.45, 7) is 12.3. The summed E-state index contributed by atoms with van der Waals surface area (Å²) in [5, 5.41) is 35.9. The van der Waals surface area contributed by atoms with Crippen molar-refractivity contribution in [3.05, 3.63) is 64.7 Å². The summed E-state index contributed by atoms with van der Waals surface area (Å²) in [5.74, 6) is 0.116. The van der Waals surface area contributed by atoms with Gasteiger partial charge in [0.2, 0.25) is 0 Å². The molecule has 4 saturated carbocycles. The molecule has 13 nitrogen and oxygen atoms in total. The number of rotatable bonds is 15. The number of nitrogens with two attached hydrogens (primary N) is 1. The van der Waals surface area contributed by atoms with E-state index in [4.69, 9.17) is 25.6 Å². The summed E-state index contributed by atoms with van der Waals surface area (Å²) in [5.41, 5.74) is 10.3. The minimum absolute atomic E-state index is 0.0240. The molecule has 1 aliphatic heterocycles. The third-order valence-electron chi connectivity index (χ3n) is 12.7. The van der Waals surface area contributed by atoms with Crippen LogP contribution in [0.2, 0.25) is 0 Å². The lowest BCUT2D eigenvalue weighted by molar-refractivity contribution is -0.241. The number of carboxylic acid groups (broad SMARTS) is 1. The molecule has 0 spiro atoms. The second-order valence-corrected chi connectivity index (χ2v) is 18.9. The summed E-state index contributed by atoms with van der Waals surface area (Å²) >= 11 is 1.22. The lowest BCUT2D eigenvalue weighted by Crippen LogP contribution is -2.64. The Morgan fingerprint density at radius 2 is 1.88 bits per heavy atom. The largest absolute Gasteiger partial charge is 0.476 e. The average molecular weight is 812 g/mol. The van der Waals surface area contributed by atoms with Crippen LogP contribution in [0.15, 0.2) is 41.5 Å². The number of nitrogens with one attached hydrogen (secondary N) is 2. The molecule has 2 unspecified atom stereocenters. The van der Waals surface area contributed by atoms with Crippen molar-refractivity contribution in [3.63, 3.8) is 0 Å². The molecule has 0 radical (unpaired) electrons. The monoisotopic (exact) mass is 811 g/mol. The lowest BCUT2D eigenvalue weighted by atomic mass is 9.39. The van der Waals surface area contributed by atoms with Gasteiger partial charge in [0.05, 0.1) is 22.4 Å². The number of aromatic carboxylic acids is 1. The highest BCUT2D eigenvalue weighted by Crippen LogP contribution is 2.71. The number of hydrogen-bond acceptors (Lipinski definition) is 13. The Balaban J connectivity index is 1.02. The molecule has 4 aromatic rings. The summed E-state index contributed by atoms with van der Waals surface area (Å²) in [7, 11) is 0. The van der Waals surface area contributed by atoms with Gasteiger partial charge in [-0.2, -0.15) is 0 Å². The number of aliphatic hydroxyl groups is 1. The van der Waals surface area contributed by atoms with Gasteiger partial charge in [-0.1, -0.05) is 31.3 Å². The SMILES string of the molecule is CC(=NCC12CC3(C)CC(C)(C1)CC(OCCNCCCO)(C3)C2)C(=CN)c1ccc(N2CCCc3c2nnc(Nc2nc4cccc(F)c4s2)c3C)nc1C(=O)O. The number of benzene rings is 1. The van der Waals surface area contributed by atoms with Gasteiger partial charge >= 0.3 is 5.97 Å². The van der Waals surface area contributed by atoms with Crippen LogP contribution in [0.1, 0.15) is 99.3 Å². The second-order valence-electron chi connectivity index (χ2n) is 17.9. The standard InChI is InChI=1S/C43H54FN9O4S/c1-26-28-8-6-15-53(37(28)52-51-36(26)50-39-48-32-10-5-9-31(44)35(32)58-39)33-12-11-29(34(49-33)38(55)56)30(18-45)27(2)47-25-42-20-40(3)19-41(4,21-42)23-43(22-40,24-42)57-17-14-46-13-7-16-54/h5,9-12,18,46,54H,6-8,13-17,19-25,45H2,1-4H3,(H,55,56)(H,48,50,51). The Kier molecular flexibility index (Phi) is 10.8. The fraction of sp³-hybridized carbons (Fsp3) is 0.535. The van der Waals surface area contributed by atoms with E-state index < -0.39 is 5.97 Å². The first-order valence-corrected chi connectivity index (χ1v) is 21.2. The fourth-order valence-electron chi connectivity index (χ4n) is 11.6. The zero-order valence-corrected chi connectivity index (χ0v) is 34.6. The maximum atomic E-state index is 14.4. The number of carboxylic acids is 1. The van der Waals surface area contributed by atoms with Crippen molar-refractivity contribution < 1.29 is 24.1 Å². The van der Waals surface area contributed by atoms with Crippen LogP contribution in [-0.2, 0) is 11.2 Å². The molecule has 308 valence electrons. The van der Waals surface area contributed by atoms with Gasteiger partial charge in [0, 0.05) is 60.4 Å². The maximum Gasteiger partial charge on any atom is 0.355 e. The molecule has 58 heavy (non-hydrogen) atoms. The van der Waals surface area contributed by atoms with E-state index in [2.05, 4.69) is 39.7 Å². The molecule has 4 aliphatic carbocycles. The summed E-state index contributed by atoms with van der Waals surface area (Å²) in [6.07, 6.45) is 10.2. The van der Waals surface area contributed by atoms with E-state index >= 15 is 0 Å². The Labute approximate surface area is 342 Å². The number of anilines is 4. The quantitative estimate of drug-likeness (QED) is 0.0596. The third-order valence-corrected chi connectivity index (χ3v) is 13.7. The van der Waals surface area contributed by atoms with E-state index in [0.717, 1.165) is 75.6 Å². The number of nitrogens with zero attached hydrogens (tertiary/aromatic N) is 6. The van der Waals surface area contributed by atoms with Gasteiger partial charge in [-0.15, -0.1) is 10.2 Å². The van der Waals surface area contributed by atoms with Gasteiger partial charge < -0.3 is 36.2 Å². The molecule has 9 rings (SSSR count). The number of halogens is 1. The Bertz CT molecular complexity index is 2280. The predicted molar refractivity (Wildman–Crippen MR) is 226 cm³/mol. The highest BCUT2D eigenvalue weighted by molar-refractivity contribution is 7.22. The Hall–Kier alpha value is -4.57. The van der Waals surface area contributed by atoms with Gasteiger partial charge in [0.1, 0.15) is 11.6 Å². The molecule has 2 atom stereocenters. The number of aromatic nitrogens is 4. The number of ether oxygens (including phenoxy) is 1. The maximum absolute atomic E-state index is 14.4. The molecule has 4 bridgehead atoms. The van der Waals surface area contributed by atoms with Crippen LogP contribution >= 0.6 is 11.3 Å². The van der Waals surface area contributed by atoms with Gasteiger partial charge in [-0.25, -0.2) is 19.2 Å². The van der Waals surface area contributed by atoms with Crippen molar-refractivity contribution in [3.8, 4) is 0 Å². The van der Waals surface area contributed by atoms with Gasteiger partial charge in [0.15, 0.2) is 22.5 Å². The molecule has 4 fully saturated rings. The van der Waals surface area contributed by atoms with Crippen molar-refractivity contribution in [2.75, 3.05) is 49.6 Å². The van der Waals surface area contributed by atoms with Crippen molar-refractivity contribution in [1.82, 2.24) is 25.5 Å². The van der Waals surface area contributed by atoms with Crippen LogP contribution in [-0.4, -0.2) is 87.1 Å². The molecule has 3 aromatic heterocycles. The smallest absolute Gasteiger partial charge is 0.355 e. The first kappa shape index (κ1) is 40.2. The number of thiazole rings is 1. The van der Waals surface area contributed by atoms with Crippen LogP contribution in [0.25, 0.3) is 15.8 Å². The number of aliphatic imine (C=N–C) groups is 1. The molecule has 0 amide bonds. The molecule has 4 heterocycles. The first-order chi connectivity index (χ1) is 27.8. The summed E-state index contributed by atoms with van der Waals surface area (Å²) in [6, 6.07) is 8.40. The van der Waals surface area contributed by atoms with Crippen molar-refractivity contribution in [2.45, 2.75) is 91.1 Å². The van der Waals surface area contributed by atoms with Crippen molar-refractivity contribution >= 4 is 61.4 Å². The minimum atomic E-state index is -1.16. The molecular formula is C43H54FN9O4S. The number of hydrogen-bond donors (Lipinski definition) is 5. The fourth-order valence-corrected chi connectivity index (χ4v) is 12.4. The topological polar surface area (TPSA) is 184 Å². The molecular weight excluding hydrogens is 758 g/mol. The summed E-state index contributed by atoms with van der Waals surface area (Å²) in [4.78, 5) is 29.2. The number of allylic oxidation sites excluding steroid dienone is 1. The summed E-state index contributed by atoms with van der Waals surface area (Å²) < 4.78 is 21.6. The lowest BCUT2D eigenvalue weighted by Gasteiger charge is -2.69. The average Bonchev–Trinajstić information content (AvgIpc) is 3.59. The highest BCUT2D eigenvalue weighted by atomic mass is 32.1.